The summed E-state index contributed by atoms with van der Waals surface area (Å²) in [4.78, 5) is 23.9. The van der Waals surface area contributed by atoms with Crippen molar-refractivity contribution in [1.82, 2.24) is 10.6 Å². The Morgan fingerprint density at radius 2 is 2.30 bits per heavy atom. The van der Waals surface area contributed by atoms with E-state index in [0.29, 0.717) is 18.9 Å². The highest BCUT2D eigenvalue weighted by Crippen LogP contribution is 2.22. The molecular formula is C15H26N2O3. The van der Waals surface area contributed by atoms with Crippen LogP contribution in [0.15, 0.2) is 0 Å². The summed E-state index contributed by atoms with van der Waals surface area (Å²) in [6.07, 6.45) is 4.24. The first-order valence-corrected chi connectivity index (χ1v) is 7.73. The van der Waals surface area contributed by atoms with E-state index in [1.807, 2.05) is 0 Å². The quantitative estimate of drug-likeness (QED) is 0.797. The average molecular weight is 282 g/mol. The Hall–Kier alpha value is -1.10. The van der Waals surface area contributed by atoms with Gasteiger partial charge in [0.15, 0.2) is 0 Å². The molecule has 0 spiro atoms. The van der Waals surface area contributed by atoms with E-state index in [2.05, 4.69) is 24.5 Å². The normalized spacial score (nSPS) is 30.4. The number of carbonyl (C=O) groups excluding carboxylic acids is 2. The molecule has 2 aliphatic heterocycles. The number of piperidine rings is 1. The molecule has 0 unspecified atom stereocenters. The molecule has 0 bridgehead atoms. The molecule has 0 saturated carbocycles. The first kappa shape index (κ1) is 15.3. The van der Waals surface area contributed by atoms with Crippen molar-refractivity contribution < 1.29 is 14.3 Å². The summed E-state index contributed by atoms with van der Waals surface area (Å²) in [5.41, 5.74) is 0. The Bertz CT molecular complexity index is 351. The summed E-state index contributed by atoms with van der Waals surface area (Å²) in [5.74, 6) is 0.339. The molecule has 2 amide bonds. The van der Waals surface area contributed by atoms with Gasteiger partial charge in [0.2, 0.25) is 11.8 Å². The fourth-order valence-electron chi connectivity index (χ4n) is 3.08. The molecule has 2 N–H and O–H groups in total. The van der Waals surface area contributed by atoms with E-state index in [1.54, 1.807) is 0 Å². The van der Waals surface area contributed by atoms with Crippen LogP contribution in [-0.2, 0) is 14.3 Å². The van der Waals surface area contributed by atoms with Gasteiger partial charge in [-0.25, -0.2) is 0 Å². The van der Waals surface area contributed by atoms with E-state index in [-0.39, 0.29) is 29.9 Å². The van der Waals surface area contributed by atoms with Crippen LogP contribution in [0.5, 0.6) is 0 Å². The SMILES string of the molecule is CC(C)C[C@@H]1C[C@@H](C(=O)NC[C@H]2CCCO2)CC(=O)N1. The van der Waals surface area contributed by atoms with Gasteiger partial charge in [-0.2, -0.15) is 0 Å². The van der Waals surface area contributed by atoms with E-state index >= 15 is 0 Å². The van der Waals surface area contributed by atoms with Crippen LogP contribution in [0, 0.1) is 11.8 Å². The third-order valence-corrected chi connectivity index (χ3v) is 4.02. The van der Waals surface area contributed by atoms with Crippen molar-refractivity contribution in [3.8, 4) is 0 Å². The van der Waals surface area contributed by atoms with Crippen molar-refractivity contribution in [3.05, 3.63) is 0 Å². The second-order valence-corrected chi connectivity index (χ2v) is 6.41. The molecule has 0 aliphatic carbocycles. The molecule has 20 heavy (non-hydrogen) atoms. The molecule has 0 radical (unpaired) electrons. The molecule has 0 aromatic heterocycles. The highest BCUT2D eigenvalue weighted by molar-refractivity contribution is 5.87. The van der Waals surface area contributed by atoms with Crippen LogP contribution in [-0.4, -0.2) is 37.1 Å². The molecule has 5 nitrogen and oxygen atoms in total. The van der Waals surface area contributed by atoms with Crippen LogP contribution in [0.4, 0.5) is 0 Å². The minimum Gasteiger partial charge on any atom is -0.376 e. The summed E-state index contributed by atoms with van der Waals surface area (Å²) in [6, 6.07) is 0.134. The predicted octanol–water partition coefficient (Wildman–Crippen LogP) is 1.22. The maximum Gasteiger partial charge on any atom is 0.223 e. The molecule has 2 rings (SSSR count). The van der Waals surface area contributed by atoms with Gasteiger partial charge in [0.25, 0.3) is 0 Å². The molecule has 0 aromatic carbocycles. The minimum absolute atomic E-state index is 0.000772. The van der Waals surface area contributed by atoms with E-state index in [1.165, 1.54) is 0 Å². The van der Waals surface area contributed by atoms with Crippen LogP contribution in [0.1, 0.15) is 46.0 Å². The zero-order valence-electron chi connectivity index (χ0n) is 12.5. The third-order valence-electron chi connectivity index (χ3n) is 4.02. The van der Waals surface area contributed by atoms with Crippen LogP contribution < -0.4 is 10.6 Å². The molecule has 0 aromatic rings. The summed E-state index contributed by atoms with van der Waals surface area (Å²) in [5, 5.41) is 5.93. The summed E-state index contributed by atoms with van der Waals surface area (Å²) < 4.78 is 5.49. The topological polar surface area (TPSA) is 67.4 Å². The fourth-order valence-corrected chi connectivity index (χ4v) is 3.08. The summed E-state index contributed by atoms with van der Waals surface area (Å²) >= 11 is 0. The van der Waals surface area contributed by atoms with Crippen LogP contribution >= 0.6 is 0 Å². The lowest BCUT2D eigenvalue weighted by Crippen LogP contribution is -2.48. The van der Waals surface area contributed by atoms with Crippen molar-refractivity contribution >= 4 is 11.8 Å². The van der Waals surface area contributed by atoms with Gasteiger partial charge in [-0.1, -0.05) is 13.8 Å². The number of nitrogens with one attached hydrogen (secondary N) is 2. The Labute approximate surface area is 120 Å². The number of carbonyl (C=O) groups is 2. The maximum absolute atomic E-state index is 12.2. The zero-order valence-corrected chi connectivity index (χ0v) is 12.5. The first-order valence-electron chi connectivity index (χ1n) is 7.73. The Kier molecular flexibility index (Phi) is 5.40. The standard InChI is InChI=1S/C15H26N2O3/c1-10(2)6-12-7-11(8-14(18)17-12)15(19)16-9-13-4-3-5-20-13/h10-13H,3-9H2,1-2H3,(H,16,19)(H,17,18)/t11-,12-,13-/m1/s1. The van der Waals surface area contributed by atoms with Crippen molar-refractivity contribution in [1.29, 1.82) is 0 Å². The molecule has 2 saturated heterocycles. The number of hydrogen-bond donors (Lipinski definition) is 2. The molecule has 2 aliphatic rings. The van der Waals surface area contributed by atoms with Crippen LogP contribution in [0.2, 0.25) is 0 Å². The van der Waals surface area contributed by atoms with Gasteiger partial charge in [-0.3, -0.25) is 9.59 Å². The molecule has 2 fully saturated rings. The minimum atomic E-state index is -0.186. The lowest BCUT2D eigenvalue weighted by atomic mass is 9.87. The highest BCUT2D eigenvalue weighted by Gasteiger charge is 2.31. The van der Waals surface area contributed by atoms with Gasteiger partial charge in [-0.15, -0.1) is 0 Å². The second kappa shape index (κ2) is 7.07. The fraction of sp³-hybridized carbons (Fsp3) is 0.867. The van der Waals surface area contributed by atoms with Crippen molar-refractivity contribution in [2.45, 2.75) is 58.1 Å². The lowest BCUT2D eigenvalue weighted by Gasteiger charge is -2.30. The molecule has 3 atom stereocenters. The number of rotatable bonds is 5. The molecular weight excluding hydrogens is 256 g/mol. The summed E-state index contributed by atoms with van der Waals surface area (Å²) in [7, 11) is 0. The van der Waals surface area contributed by atoms with Gasteiger partial charge in [0, 0.05) is 31.5 Å². The zero-order chi connectivity index (χ0) is 14.5. The lowest BCUT2D eigenvalue weighted by molar-refractivity contribution is -0.134. The molecule has 114 valence electrons. The van der Waals surface area contributed by atoms with Crippen LogP contribution in [0.3, 0.4) is 0 Å². The van der Waals surface area contributed by atoms with Crippen molar-refractivity contribution in [3.63, 3.8) is 0 Å². The van der Waals surface area contributed by atoms with E-state index in [9.17, 15) is 9.59 Å². The van der Waals surface area contributed by atoms with Gasteiger partial charge in [0.05, 0.1) is 6.10 Å². The average Bonchev–Trinajstić information content (AvgIpc) is 2.87. The number of ether oxygens (including phenoxy) is 1. The van der Waals surface area contributed by atoms with E-state index < -0.39 is 0 Å². The van der Waals surface area contributed by atoms with Gasteiger partial charge in [0.1, 0.15) is 0 Å². The van der Waals surface area contributed by atoms with Crippen molar-refractivity contribution in [2.24, 2.45) is 11.8 Å². The largest absolute Gasteiger partial charge is 0.376 e. The highest BCUT2D eigenvalue weighted by atomic mass is 16.5. The Morgan fingerprint density at radius 3 is 2.95 bits per heavy atom. The van der Waals surface area contributed by atoms with E-state index in [0.717, 1.165) is 32.3 Å². The van der Waals surface area contributed by atoms with Gasteiger partial charge >= 0.3 is 0 Å². The maximum atomic E-state index is 12.2. The summed E-state index contributed by atoms with van der Waals surface area (Å²) in [6.45, 7) is 5.63. The van der Waals surface area contributed by atoms with Crippen LogP contribution in [0.25, 0.3) is 0 Å². The first-order chi connectivity index (χ1) is 9.54. The van der Waals surface area contributed by atoms with Crippen molar-refractivity contribution in [2.75, 3.05) is 13.2 Å². The smallest absolute Gasteiger partial charge is 0.223 e. The van der Waals surface area contributed by atoms with Gasteiger partial charge in [-0.05, 0) is 31.6 Å². The van der Waals surface area contributed by atoms with E-state index in [4.69, 9.17) is 4.74 Å². The third kappa shape index (κ3) is 4.47. The monoisotopic (exact) mass is 282 g/mol. The second-order valence-electron chi connectivity index (χ2n) is 6.41. The number of amides is 2. The Morgan fingerprint density at radius 1 is 1.50 bits per heavy atom. The Balaban J connectivity index is 1.79. The number of hydrogen-bond acceptors (Lipinski definition) is 3. The molecule has 2 heterocycles. The predicted molar refractivity (Wildman–Crippen MR) is 76.1 cm³/mol. The van der Waals surface area contributed by atoms with Gasteiger partial charge < -0.3 is 15.4 Å². The molecule has 5 heteroatoms.